The first kappa shape index (κ1) is 21.8. The van der Waals surface area contributed by atoms with Crippen molar-refractivity contribution in [3.8, 4) is 28.7 Å². The van der Waals surface area contributed by atoms with Crippen LogP contribution in [0, 0.1) is 0 Å². The highest BCUT2D eigenvalue weighted by atomic mass is 16.6. The van der Waals surface area contributed by atoms with Gasteiger partial charge in [-0.1, -0.05) is 36.4 Å². The Morgan fingerprint density at radius 2 is 1.59 bits per heavy atom. The normalized spacial score (nSPS) is 19.8. The molecule has 0 saturated heterocycles. The summed E-state index contributed by atoms with van der Waals surface area (Å²) in [5.74, 6) is -0.857. The fraction of sp³-hybridized carbons (Fsp3) is 0.250. The fourth-order valence-electron chi connectivity index (χ4n) is 3.78. The molecule has 0 radical (unpaired) electrons. The van der Waals surface area contributed by atoms with Crippen molar-refractivity contribution in [2.75, 3.05) is 13.2 Å². The van der Waals surface area contributed by atoms with Crippen LogP contribution in [0.1, 0.15) is 28.9 Å². The van der Waals surface area contributed by atoms with Gasteiger partial charge in [0.2, 0.25) is 0 Å². The van der Waals surface area contributed by atoms with Crippen molar-refractivity contribution in [3.63, 3.8) is 0 Å². The van der Waals surface area contributed by atoms with Gasteiger partial charge < -0.3 is 39.7 Å². The molecule has 0 bridgehead atoms. The second-order valence-electron chi connectivity index (χ2n) is 7.44. The molecule has 0 aromatic heterocycles. The molecule has 8 nitrogen and oxygen atoms in total. The summed E-state index contributed by atoms with van der Waals surface area (Å²) < 4.78 is 18.2. The first-order valence-electron chi connectivity index (χ1n) is 10.1. The average Bonchev–Trinajstić information content (AvgIpc) is 2.78. The summed E-state index contributed by atoms with van der Waals surface area (Å²) in [6.45, 7) is -0.0621. The van der Waals surface area contributed by atoms with E-state index in [2.05, 4.69) is 0 Å². The van der Waals surface area contributed by atoms with Crippen molar-refractivity contribution in [3.05, 3.63) is 77.4 Å². The van der Waals surface area contributed by atoms with E-state index in [4.69, 9.17) is 14.2 Å². The van der Waals surface area contributed by atoms with E-state index in [1.807, 2.05) is 30.3 Å². The van der Waals surface area contributed by atoms with Gasteiger partial charge in [-0.05, 0) is 23.3 Å². The molecular weight excluding hydrogens is 416 g/mol. The molecule has 0 aliphatic carbocycles. The molecule has 0 fully saturated rings. The quantitative estimate of drug-likeness (QED) is 0.354. The molecule has 5 N–H and O–H groups in total. The highest BCUT2D eigenvalue weighted by Gasteiger charge is 2.43. The number of aromatic hydroxyl groups is 4. The number of phenolic OH excluding ortho intramolecular Hbond substituents is 4. The highest BCUT2D eigenvalue weighted by Crippen LogP contribution is 2.50. The van der Waals surface area contributed by atoms with E-state index in [0.29, 0.717) is 5.56 Å². The Hall–Kier alpha value is -3.46. The molecule has 8 heteroatoms. The Morgan fingerprint density at radius 1 is 0.812 bits per heavy atom. The molecule has 1 aliphatic heterocycles. The van der Waals surface area contributed by atoms with Crippen molar-refractivity contribution in [2.24, 2.45) is 0 Å². The number of fused-ring (bicyclic) bond motifs is 1. The molecule has 0 saturated carbocycles. The minimum Gasteiger partial charge on any atom is -0.508 e. The first-order valence-corrected chi connectivity index (χ1v) is 10.1. The van der Waals surface area contributed by atoms with Gasteiger partial charge in [-0.25, -0.2) is 0 Å². The first-order chi connectivity index (χ1) is 15.5. The van der Waals surface area contributed by atoms with Crippen LogP contribution < -0.4 is 4.74 Å². The molecular formula is C24H24O8. The van der Waals surface area contributed by atoms with E-state index >= 15 is 0 Å². The van der Waals surface area contributed by atoms with E-state index in [1.165, 1.54) is 24.3 Å². The number of phenols is 4. The molecule has 4 rings (SSSR count). The number of aliphatic hydroxyl groups is 1. The third-order valence-electron chi connectivity index (χ3n) is 5.24. The zero-order chi connectivity index (χ0) is 22.7. The van der Waals surface area contributed by atoms with Crippen molar-refractivity contribution >= 4 is 0 Å². The lowest BCUT2D eigenvalue weighted by Crippen LogP contribution is -2.38. The maximum Gasteiger partial charge on any atom is 0.157 e. The minimum absolute atomic E-state index is 0.0246. The van der Waals surface area contributed by atoms with Crippen LogP contribution in [-0.2, 0) is 16.1 Å². The Balaban J connectivity index is 1.78. The van der Waals surface area contributed by atoms with E-state index in [9.17, 15) is 25.5 Å². The van der Waals surface area contributed by atoms with Crippen LogP contribution in [0.3, 0.4) is 0 Å². The Bertz CT molecular complexity index is 1070. The van der Waals surface area contributed by atoms with Crippen LogP contribution in [-0.4, -0.2) is 44.9 Å². The molecule has 1 aliphatic rings. The third kappa shape index (κ3) is 4.43. The molecule has 1 heterocycles. The predicted molar refractivity (Wildman–Crippen MR) is 114 cm³/mol. The number of hydrogen-bond acceptors (Lipinski definition) is 8. The maximum atomic E-state index is 10.5. The van der Waals surface area contributed by atoms with Crippen LogP contribution in [0.4, 0.5) is 0 Å². The average molecular weight is 440 g/mol. The summed E-state index contributed by atoms with van der Waals surface area (Å²) in [5, 5.41) is 49.6. The van der Waals surface area contributed by atoms with Gasteiger partial charge >= 0.3 is 0 Å². The molecule has 0 amide bonds. The Kier molecular flexibility index (Phi) is 6.36. The summed E-state index contributed by atoms with van der Waals surface area (Å²) in [6, 6.07) is 16.3. The molecule has 32 heavy (non-hydrogen) atoms. The number of aliphatic hydroxyl groups excluding tert-OH is 1. The van der Waals surface area contributed by atoms with Crippen LogP contribution in [0.2, 0.25) is 0 Å². The predicted octanol–water partition coefficient (Wildman–Crippen LogP) is 3.28. The van der Waals surface area contributed by atoms with E-state index < -0.39 is 18.3 Å². The maximum absolute atomic E-state index is 10.5. The zero-order valence-corrected chi connectivity index (χ0v) is 17.1. The lowest BCUT2D eigenvalue weighted by atomic mass is 9.90. The van der Waals surface area contributed by atoms with Gasteiger partial charge in [0.25, 0.3) is 0 Å². The molecule has 3 unspecified atom stereocenters. The van der Waals surface area contributed by atoms with Crippen LogP contribution in [0.5, 0.6) is 28.7 Å². The van der Waals surface area contributed by atoms with E-state index in [-0.39, 0.29) is 54.1 Å². The second-order valence-corrected chi connectivity index (χ2v) is 7.44. The van der Waals surface area contributed by atoms with Crippen molar-refractivity contribution in [1.82, 2.24) is 0 Å². The van der Waals surface area contributed by atoms with Gasteiger partial charge in [0.1, 0.15) is 29.5 Å². The fourth-order valence-corrected chi connectivity index (χ4v) is 3.78. The summed E-state index contributed by atoms with van der Waals surface area (Å²) in [6.07, 6.45) is -2.47. The standard InChI is InChI=1S/C24H24O8/c25-8-9-30-23-21-19(29)11-16(26)12-20(21)32-22(15-6-7-17(27)18(28)10-15)24(23)31-13-14-4-2-1-3-5-14/h1-7,10-12,22-29H,8-9,13H2. The molecule has 3 atom stereocenters. The summed E-state index contributed by atoms with van der Waals surface area (Å²) in [4.78, 5) is 0. The Labute approximate surface area is 184 Å². The van der Waals surface area contributed by atoms with Crippen molar-refractivity contribution in [2.45, 2.75) is 24.9 Å². The molecule has 3 aromatic carbocycles. The van der Waals surface area contributed by atoms with Gasteiger partial charge in [0.05, 0.1) is 25.4 Å². The van der Waals surface area contributed by atoms with E-state index in [1.54, 1.807) is 6.07 Å². The van der Waals surface area contributed by atoms with Gasteiger partial charge in [-0.15, -0.1) is 0 Å². The lowest BCUT2D eigenvalue weighted by molar-refractivity contribution is -0.142. The van der Waals surface area contributed by atoms with Crippen molar-refractivity contribution in [1.29, 1.82) is 0 Å². The molecule has 0 spiro atoms. The van der Waals surface area contributed by atoms with Gasteiger partial charge in [0, 0.05) is 12.1 Å². The summed E-state index contributed by atoms with van der Waals surface area (Å²) >= 11 is 0. The van der Waals surface area contributed by atoms with E-state index in [0.717, 1.165) is 5.56 Å². The molecule has 168 valence electrons. The second kappa shape index (κ2) is 9.35. The van der Waals surface area contributed by atoms with Gasteiger partial charge in [-0.3, -0.25) is 0 Å². The topological polar surface area (TPSA) is 129 Å². The largest absolute Gasteiger partial charge is 0.508 e. The summed E-state index contributed by atoms with van der Waals surface area (Å²) in [5.41, 5.74) is 1.68. The number of ether oxygens (including phenoxy) is 3. The number of rotatable bonds is 7. The van der Waals surface area contributed by atoms with Crippen LogP contribution >= 0.6 is 0 Å². The number of benzene rings is 3. The van der Waals surface area contributed by atoms with Crippen LogP contribution in [0.25, 0.3) is 0 Å². The minimum atomic E-state index is -0.851. The summed E-state index contributed by atoms with van der Waals surface area (Å²) in [7, 11) is 0. The highest BCUT2D eigenvalue weighted by molar-refractivity contribution is 5.53. The molecule has 3 aromatic rings. The number of hydrogen-bond donors (Lipinski definition) is 5. The third-order valence-corrected chi connectivity index (χ3v) is 5.24. The monoisotopic (exact) mass is 440 g/mol. The SMILES string of the molecule is OCCOC1c2c(O)cc(O)cc2OC(c2ccc(O)c(O)c2)C1OCc1ccccc1. The smallest absolute Gasteiger partial charge is 0.157 e. The zero-order valence-electron chi connectivity index (χ0n) is 17.1. The van der Waals surface area contributed by atoms with Gasteiger partial charge in [0.15, 0.2) is 17.6 Å². The Morgan fingerprint density at radius 3 is 2.31 bits per heavy atom. The lowest BCUT2D eigenvalue weighted by Gasteiger charge is -2.39. The van der Waals surface area contributed by atoms with Crippen molar-refractivity contribution < 1.29 is 39.7 Å². The van der Waals surface area contributed by atoms with Gasteiger partial charge in [-0.2, -0.15) is 0 Å². The van der Waals surface area contributed by atoms with Crippen LogP contribution in [0.15, 0.2) is 60.7 Å².